The van der Waals surface area contributed by atoms with E-state index in [1.807, 2.05) is 36.4 Å². The van der Waals surface area contributed by atoms with Crippen LogP contribution in [0.3, 0.4) is 0 Å². The first-order valence-electron chi connectivity index (χ1n) is 8.64. The van der Waals surface area contributed by atoms with E-state index in [9.17, 15) is 0 Å². The van der Waals surface area contributed by atoms with Gasteiger partial charge in [-0.1, -0.05) is 73.5 Å². The van der Waals surface area contributed by atoms with Gasteiger partial charge in [0.05, 0.1) is 17.8 Å². The number of nitrogens with zero attached hydrogens (tertiary/aromatic N) is 2. The third-order valence-electron chi connectivity index (χ3n) is 3.55. The largest absolute Gasteiger partial charge is 0.492 e. The molecule has 4 nitrogen and oxygen atoms in total. The van der Waals surface area contributed by atoms with Gasteiger partial charge < -0.3 is 10.5 Å². The second kappa shape index (κ2) is 11.6. The van der Waals surface area contributed by atoms with E-state index in [1.54, 1.807) is 6.21 Å². The second-order valence-corrected chi connectivity index (χ2v) is 7.11. The van der Waals surface area contributed by atoms with Crippen LogP contribution in [0, 0.1) is 0 Å². The zero-order valence-electron chi connectivity index (χ0n) is 14.9. The summed E-state index contributed by atoms with van der Waals surface area (Å²) in [5, 5.41) is 9.03. The van der Waals surface area contributed by atoms with Gasteiger partial charge in [0.15, 0.2) is 5.17 Å². The zero-order valence-corrected chi connectivity index (χ0v) is 16.5. The minimum atomic E-state index is 0.423. The molecule has 26 heavy (non-hydrogen) atoms. The van der Waals surface area contributed by atoms with Crippen molar-refractivity contribution in [1.82, 2.24) is 0 Å². The summed E-state index contributed by atoms with van der Waals surface area (Å²) < 4.78 is 5.68. The fourth-order valence-corrected chi connectivity index (χ4v) is 3.02. The van der Waals surface area contributed by atoms with Gasteiger partial charge in [-0.25, -0.2) is 0 Å². The Morgan fingerprint density at radius 3 is 2.73 bits per heavy atom. The molecule has 2 rings (SSSR count). The van der Waals surface area contributed by atoms with Crippen LogP contribution in [0.2, 0.25) is 5.02 Å². The SMILES string of the molecule is CCCCCOc1ccc(C=NN=C(N)SCc2ccccc2)cc1Cl. The van der Waals surface area contributed by atoms with Crippen molar-refractivity contribution in [3.05, 3.63) is 64.7 Å². The van der Waals surface area contributed by atoms with E-state index in [4.69, 9.17) is 22.1 Å². The quantitative estimate of drug-likeness (QED) is 0.267. The van der Waals surface area contributed by atoms with Crippen molar-refractivity contribution in [2.45, 2.75) is 31.9 Å². The van der Waals surface area contributed by atoms with Crippen molar-refractivity contribution in [1.29, 1.82) is 0 Å². The number of ether oxygens (including phenoxy) is 1. The minimum Gasteiger partial charge on any atom is -0.492 e. The van der Waals surface area contributed by atoms with Crippen molar-refractivity contribution >= 4 is 34.7 Å². The molecule has 0 radical (unpaired) electrons. The lowest BCUT2D eigenvalue weighted by Gasteiger charge is -2.07. The Morgan fingerprint density at radius 1 is 1.19 bits per heavy atom. The smallest absolute Gasteiger partial charge is 0.180 e. The lowest BCUT2D eigenvalue weighted by Crippen LogP contribution is -2.06. The van der Waals surface area contributed by atoms with Crippen LogP contribution in [0.25, 0.3) is 0 Å². The van der Waals surface area contributed by atoms with E-state index in [-0.39, 0.29) is 0 Å². The van der Waals surface area contributed by atoms with Crippen molar-refractivity contribution in [3.8, 4) is 5.75 Å². The van der Waals surface area contributed by atoms with Gasteiger partial charge in [-0.05, 0) is 35.7 Å². The summed E-state index contributed by atoms with van der Waals surface area (Å²) in [4.78, 5) is 0. The van der Waals surface area contributed by atoms with Gasteiger partial charge in [0, 0.05) is 5.75 Å². The normalized spacial score (nSPS) is 11.8. The number of benzene rings is 2. The molecule has 0 spiro atoms. The number of rotatable bonds is 9. The molecule has 0 bridgehead atoms. The molecule has 0 unspecified atom stereocenters. The monoisotopic (exact) mass is 389 g/mol. The first-order chi connectivity index (χ1) is 12.7. The van der Waals surface area contributed by atoms with E-state index in [0.29, 0.717) is 22.5 Å². The van der Waals surface area contributed by atoms with Crippen LogP contribution < -0.4 is 10.5 Å². The van der Waals surface area contributed by atoms with Gasteiger partial charge in [0.2, 0.25) is 0 Å². The molecule has 0 fully saturated rings. The standard InChI is InChI=1S/C20H24ClN3OS/c1-2-3-7-12-25-19-11-10-17(13-18(19)21)14-23-24-20(22)26-15-16-8-5-4-6-9-16/h4-6,8-11,13-14H,2-3,7,12,15H2,1H3,(H2,22,24). The lowest BCUT2D eigenvalue weighted by atomic mass is 10.2. The lowest BCUT2D eigenvalue weighted by molar-refractivity contribution is 0.306. The number of nitrogens with two attached hydrogens (primary N) is 1. The van der Waals surface area contributed by atoms with E-state index in [1.165, 1.54) is 23.7 Å². The van der Waals surface area contributed by atoms with E-state index in [0.717, 1.165) is 24.2 Å². The third-order valence-corrected chi connectivity index (χ3v) is 4.70. The highest BCUT2D eigenvalue weighted by atomic mass is 35.5. The van der Waals surface area contributed by atoms with Crippen LogP contribution in [0.1, 0.15) is 37.3 Å². The molecule has 0 aliphatic heterocycles. The van der Waals surface area contributed by atoms with Crippen molar-refractivity contribution < 1.29 is 4.74 Å². The Kier molecular flexibility index (Phi) is 9.07. The predicted octanol–water partition coefficient (Wildman–Crippen LogP) is 5.49. The number of thioether (sulfide) groups is 1. The van der Waals surface area contributed by atoms with Gasteiger partial charge in [0.1, 0.15) is 5.75 Å². The van der Waals surface area contributed by atoms with Gasteiger partial charge in [-0.15, -0.1) is 5.10 Å². The molecule has 0 aromatic heterocycles. The Balaban J connectivity index is 1.84. The Morgan fingerprint density at radius 2 is 2.00 bits per heavy atom. The Hall–Kier alpha value is -1.98. The molecule has 0 atom stereocenters. The minimum absolute atomic E-state index is 0.423. The number of hydrogen-bond acceptors (Lipinski definition) is 4. The van der Waals surface area contributed by atoms with E-state index >= 15 is 0 Å². The summed E-state index contributed by atoms with van der Waals surface area (Å²) in [5.74, 6) is 1.46. The van der Waals surface area contributed by atoms with Gasteiger partial charge in [0.25, 0.3) is 0 Å². The van der Waals surface area contributed by atoms with Gasteiger partial charge in [-0.2, -0.15) is 5.10 Å². The molecule has 0 heterocycles. The van der Waals surface area contributed by atoms with Crippen LogP contribution in [0.4, 0.5) is 0 Å². The van der Waals surface area contributed by atoms with Crippen molar-refractivity contribution in [2.24, 2.45) is 15.9 Å². The highest BCUT2D eigenvalue weighted by molar-refractivity contribution is 8.13. The second-order valence-electron chi connectivity index (χ2n) is 5.70. The molecule has 0 aliphatic carbocycles. The molecule has 0 saturated carbocycles. The molecule has 2 aromatic carbocycles. The predicted molar refractivity (Wildman–Crippen MR) is 113 cm³/mol. The van der Waals surface area contributed by atoms with E-state index < -0.39 is 0 Å². The molecule has 6 heteroatoms. The fraction of sp³-hybridized carbons (Fsp3) is 0.300. The molecule has 2 aromatic rings. The maximum atomic E-state index is 6.25. The maximum absolute atomic E-state index is 6.25. The average molecular weight is 390 g/mol. The fourth-order valence-electron chi connectivity index (χ4n) is 2.16. The summed E-state index contributed by atoms with van der Waals surface area (Å²) in [5.41, 5.74) is 7.92. The molecular formula is C20H24ClN3OS. The van der Waals surface area contributed by atoms with Gasteiger partial charge in [-0.3, -0.25) is 0 Å². The molecule has 0 amide bonds. The zero-order chi connectivity index (χ0) is 18.6. The molecule has 0 aliphatic rings. The number of hydrogen-bond donors (Lipinski definition) is 1. The van der Waals surface area contributed by atoms with Crippen LogP contribution >= 0.6 is 23.4 Å². The average Bonchev–Trinajstić information content (AvgIpc) is 2.66. The van der Waals surface area contributed by atoms with Crippen molar-refractivity contribution in [2.75, 3.05) is 6.61 Å². The summed E-state index contributed by atoms with van der Waals surface area (Å²) in [6.07, 6.45) is 4.98. The first kappa shape index (κ1) is 20.3. The number of unbranched alkanes of at least 4 members (excludes halogenated alkanes) is 2. The maximum Gasteiger partial charge on any atom is 0.180 e. The highest BCUT2D eigenvalue weighted by Gasteiger charge is 2.02. The molecular weight excluding hydrogens is 366 g/mol. The molecule has 2 N–H and O–H groups in total. The van der Waals surface area contributed by atoms with Crippen LogP contribution in [-0.2, 0) is 5.75 Å². The third kappa shape index (κ3) is 7.50. The van der Waals surface area contributed by atoms with E-state index in [2.05, 4.69) is 29.3 Å². The Labute approximate surface area is 164 Å². The summed E-state index contributed by atoms with van der Waals surface area (Å²) in [6, 6.07) is 15.7. The van der Waals surface area contributed by atoms with Gasteiger partial charge >= 0.3 is 0 Å². The van der Waals surface area contributed by atoms with Crippen LogP contribution in [0.15, 0.2) is 58.7 Å². The number of amidine groups is 1. The number of halogens is 1. The Bertz CT molecular complexity index is 735. The molecule has 0 saturated heterocycles. The molecule has 138 valence electrons. The van der Waals surface area contributed by atoms with Crippen LogP contribution in [-0.4, -0.2) is 18.0 Å². The summed E-state index contributed by atoms with van der Waals surface area (Å²) in [6.45, 7) is 2.84. The summed E-state index contributed by atoms with van der Waals surface area (Å²) >= 11 is 7.70. The topological polar surface area (TPSA) is 60.0 Å². The highest BCUT2D eigenvalue weighted by Crippen LogP contribution is 2.25. The van der Waals surface area contributed by atoms with Crippen LogP contribution in [0.5, 0.6) is 5.75 Å². The van der Waals surface area contributed by atoms with Crippen molar-refractivity contribution in [3.63, 3.8) is 0 Å². The summed E-state index contributed by atoms with van der Waals surface area (Å²) in [7, 11) is 0. The first-order valence-corrected chi connectivity index (χ1v) is 10.0.